The molecule has 1 aromatic heterocycles. The van der Waals surface area contributed by atoms with E-state index in [1.165, 1.54) is 12.1 Å². The predicted molar refractivity (Wildman–Crippen MR) is 93.7 cm³/mol. The maximum Gasteiger partial charge on any atom is 0.311 e. The molecule has 1 heterocycles. The lowest BCUT2D eigenvalue weighted by Crippen LogP contribution is -2.09. The highest BCUT2D eigenvalue weighted by Crippen LogP contribution is 2.34. The Hall–Kier alpha value is -1.68. The van der Waals surface area contributed by atoms with E-state index in [4.69, 9.17) is 39.5 Å². The first-order valence-corrected chi connectivity index (χ1v) is 8.08. The van der Waals surface area contributed by atoms with Crippen molar-refractivity contribution in [3.8, 4) is 5.75 Å². The Morgan fingerprint density at radius 2 is 1.78 bits per heavy atom. The summed E-state index contributed by atoms with van der Waals surface area (Å²) in [7, 11) is 0. The Kier molecular flexibility index (Phi) is 4.81. The van der Waals surface area contributed by atoms with Crippen molar-refractivity contribution in [1.29, 1.82) is 0 Å². The number of hydrogen-bond acceptors (Lipinski definition) is 2. The summed E-state index contributed by atoms with van der Waals surface area (Å²) in [5, 5.41) is 1.96. The van der Waals surface area contributed by atoms with E-state index in [9.17, 15) is 4.79 Å². The molecule has 0 amide bonds. The van der Waals surface area contributed by atoms with Crippen LogP contribution in [0.4, 0.5) is 0 Å². The van der Waals surface area contributed by atoms with E-state index in [2.05, 4.69) is 4.98 Å². The van der Waals surface area contributed by atoms with E-state index < -0.39 is 0 Å². The molecular formula is C17H12Cl3NO2. The Morgan fingerprint density at radius 1 is 1.04 bits per heavy atom. The minimum Gasteiger partial charge on any atom is -0.425 e. The van der Waals surface area contributed by atoms with Crippen molar-refractivity contribution in [2.24, 2.45) is 0 Å². The van der Waals surface area contributed by atoms with Crippen LogP contribution in [0.2, 0.25) is 15.1 Å². The lowest BCUT2D eigenvalue weighted by atomic mass is 10.1. The monoisotopic (exact) mass is 367 g/mol. The van der Waals surface area contributed by atoms with Gasteiger partial charge >= 0.3 is 5.97 Å². The Morgan fingerprint density at radius 3 is 2.61 bits per heavy atom. The molecule has 23 heavy (non-hydrogen) atoms. The highest BCUT2D eigenvalue weighted by molar-refractivity contribution is 6.43. The highest BCUT2D eigenvalue weighted by Gasteiger charge is 2.13. The van der Waals surface area contributed by atoms with Gasteiger partial charge in [0.25, 0.3) is 0 Å². The van der Waals surface area contributed by atoms with Crippen molar-refractivity contribution >= 4 is 51.7 Å². The number of carbonyl (C=O) groups is 1. The number of aromatic nitrogens is 1. The average molecular weight is 369 g/mol. The van der Waals surface area contributed by atoms with Crippen molar-refractivity contribution in [3.05, 3.63) is 63.2 Å². The van der Waals surface area contributed by atoms with Gasteiger partial charge < -0.3 is 9.72 Å². The van der Waals surface area contributed by atoms with E-state index in [-0.39, 0.29) is 28.2 Å². The molecule has 0 spiro atoms. The van der Waals surface area contributed by atoms with E-state index in [0.717, 1.165) is 16.5 Å². The standard InChI is InChI=1S/C17H12Cl3NO2/c18-12-7-14(20)16(8-13(12)19)23-17(22)6-5-10-9-21-15-4-2-1-3-11(10)15/h1-4,7-9,21H,5-6H2. The van der Waals surface area contributed by atoms with E-state index in [1.807, 2.05) is 30.5 Å². The van der Waals surface area contributed by atoms with E-state index in [1.54, 1.807) is 0 Å². The molecule has 0 bridgehead atoms. The number of carbonyl (C=O) groups excluding carboxylic acids is 1. The van der Waals surface area contributed by atoms with Gasteiger partial charge in [0, 0.05) is 23.2 Å². The first kappa shape index (κ1) is 16.2. The Bertz CT molecular complexity index is 873. The van der Waals surface area contributed by atoms with Crippen LogP contribution >= 0.6 is 34.8 Å². The number of fused-ring (bicyclic) bond motifs is 1. The van der Waals surface area contributed by atoms with Gasteiger partial charge in [-0.25, -0.2) is 0 Å². The van der Waals surface area contributed by atoms with Crippen molar-refractivity contribution in [2.75, 3.05) is 0 Å². The lowest BCUT2D eigenvalue weighted by molar-refractivity contribution is -0.134. The number of nitrogens with one attached hydrogen (secondary N) is 1. The SMILES string of the molecule is O=C(CCc1c[nH]c2ccccc12)Oc1cc(Cl)c(Cl)cc1Cl. The zero-order valence-corrected chi connectivity index (χ0v) is 14.2. The second-order valence-electron chi connectivity index (χ2n) is 5.03. The topological polar surface area (TPSA) is 42.1 Å². The first-order chi connectivity index (χ1) is 11.0. The quantitative estimate of drug-likeness (QED) is 0.366. The third-order valence-corrected chi connectivity index (χ3v) is 4.49. The van der Waals surface area contributed by atoms with Gasteiger partial charge in [0.2, 0.25) is 0 Å². The number of esters is 1. The normalized spacial score (nSPS) is 10.9. The van der Waals surface area contributed by atoms with Gasteiger partial charge in [-0.15, -0.1) is 0 Å². The summed E-state index contributed by atoms with van der Waals surface area (Å²) in [6, 6.07) is 10.8. The lowest BCUT2D eigenvalue weighted by Gasteiger charge is -2.07. The molecule has 3 rings (SSSR count). The van der Waals surface area contributed by atoms with Crippen LogP contribution in [-0.4, -0.2) is 11.0 Å². The summed E-state index contributed by atoms with van der Waals surface area (Å²) in [5.74, 6) is -0.166. The predicted octanol–water partition coefficient (Wildman–Crippen LogP) is 5.67. The largest absolute Gasteiger partial charge is 0.425 e. The molecule has 0 aliphatic carbocycles. The summed E-state index contributed by atoms with van der Waals surface area (Å²) in [6.45, 7) is 0. The smallest absolute Gasteiger partial charge is 0.311 e. The summed E-state index contributed by atoms with van der Waals surface area (Å²) < 4.78 is 5.27. The maximum absolute atomic E-state index is 12.0. The number of halogens is 3. The number of benzene rings is 2. The van der Waals surface area contributed by atoms with Gasteiger partial charge in [0.1, 0.15) is 0 Å². The van der Waals surface area contributed by atoms with Gasteiger partial charge in [-0.05, 0) is 24.1 Å². The zero-order valence-electron chi connectivity index (χ0n) is 11.9. The summed E-state index contributed by atoms with van der Waals surface area (Å²) in [6.07, 6.45) is 2.71. The third-order valence-electron chi connectivity index (χ3n) is 3.47. The molecule has 0 aliphatic heterocycles. The molecule has 118 valence electrons. The molecule has 0 saturated heterocycles. The van der Waals surface area contributed by atoms with E-state index >= 15 is 0 Å². The van der Waals surface area contributed by atoms with Crippen LogP contribution in [-0.2, 0) is 11.2 Å². The molecule has 0 unspecified atom stereocenters. The average Bonchev–Trinajstić information content (AvgIpc) is 2.94. The fraction of sp³-hybridized carbons (Fsp3) is 0.118. The van der Waals surface area contributed by atoms with Crippen LogP contribution in [0.15, 0.2) is 42.6 Å². The van der Waals surface area contributed by atoms with Gasteiger partial charge in [-0.1, -0.05) is 53.0 Å². The van der Waals surface area contributed by atoms with Gasteiger partial charge in [0.05, 0.1) is 21.5 Å². The Balaban J connectivity index is 1.67. The van der Waals surface area contributed by atoms with Gasteiger partial charge in [-0.3, -0.25) is 4.79 Å². The van der Waals surface area contributed by atoms with Crippen molar-refractivity contribution in [3.63, 3.8) is 0 Å². The molecule has 3 aromatic rings. The number of para-hydroxylation sites is 1. The molecule has 0 radical (unpaired) electrons. The van der Waals surface area contributed by atoms with Crippen molar-refractivity contribution in [1.82, 2.24) is 4.98 Å². The molecule has 0 atom stereocenters. The molecule has 2 aromatic carbocycles. The fourth-order valence-electron chi connectivity index (χ4n) is 2.33. The molecule has 0 saturated carbocycles. The van der Waals surface area contributed by atoms with Crippen LogP contribution in [0.1, 0.15) is 12.0 Å². The number of aryl methyl sites for hydroxylation is 1. The molecular weight excluding hydrogens is 357 g/mol. The fourth-order valence-corrected chi connectivity index (χ4v) is 2.91. The van der Waals surface area contributed by atoms with Crippen LogP contribution in [0, 0.1) is 0 Å². The second kappa shape index (κ2) is 6.83. The van der Waals surface area contributed by atoms with Crippen molar-refractivity contribution in [2.45, 2.75) is 12.8 Å². The molecule has 3 nitrogen and oxygen atoms in total. The highest BCUT2D eigenvalue weighted by atomic mass is 35.5. The number of hydrogen-bond donors (Lipinski definition) is 1. The minimum atomic E-state index is -0.379. The minimum absolute atomic E-state index is 0.213. The molecule has 1 N–H and O–H groups in total. The second-order valence-corrected chi connectivity index (χ2v) is 6.25. The maximum atomic E-state index is 12.0. The Labute approximate surface area is 148 Å². The molecule has 0 fully saturated rings. The van der Waals surface area contributed by atoms with Gasteiger partial charge in [0.15, 0.2) is 5.75 Å². The molecule has 6 heteroatoms. The van der Waals surface area contributed by atoms with Crippen LogP contribution in [0.5, 0.6) is 5.75 Å². The summed E-state index contributed by atoms with van der Waals surface area (Å²) >= 11 is 17.8. The summed E-state index contributed by atoms with van der Waals surface area (Å²) in [5.41, 5.74) is 2.11. The first-order valence-electron chi connectivity index (χ1n) is 6.95. The number of H-pyrrole nitrogens is 1. The van der Waals surface area contributed by atoms with Crippen molar-refractivity contribution < 1.29 is 9.53 Å². The van der Waals surface area contributed by atoms with E-state index in [0.29, 0.717) is 11.4 Å². The van der Waals surface area contributed by atoms with Gasteiger partial charge in [-0.2, -0.15) is 0 Å². The number of ether oxygens (including phenoxy) is 1. The van der Waals surface area contributed by atoms with Crippen LogP contribution in [0.3, 0.4) is 0 Å². The third kappa shape index (κ3) is 3.63. The number of aromatic amines is 1. The summed E-state index contributed by atoms with van der Waals surface area (Å²) in [4.78, 5) is 15.2. The van der Waals surface area contributed by atoms with Crippen LogP contribution in [0.25, 0.3) is 10.9 Å². The van der Waals surface area contributed by atoms with Crippen LogP contribution < -0.4 is 4.74 Å². The number of rotatable bonds is 4. The zero-order chi connectivity index (χ0) is 16.4. The molecule has 0 aliphatic rings.